The molecule has 0 radical (unpaired) electrons. The predicted molar refractivity (Wildman–Crippen MR) is 53.5 cm³/mol. The monoisotopic (exact) mass is 242 g/mol. The van der Waals surface area contributed by atoms with Crippen LogP contribution in [-0.2, 0) is 0 Å². The van der Waals surface area contributed by atoms with Crippen LogP contribution >= 0.6 is 0 Å². The molecule has 0 atom stereocenters. The van der Waals surface area contributed by atoms with Gasteiger partial charge in [0.2, 0.25) is 0 Å². The first-order chi connectivity index (χ1) is 8.06. The molecule has 0 fully saturated rings. The molecule has 0 unspecified atom stereocenters. The number of amides is 1. The van der Waals surface area contributed by atoms with Crippen LogP contribution in [0.25, 0.3) is 0 Å². The molecule has 1 aromatic carbocycles. The molecule has 17 heavy (non-hydrogen) atoms. The zero-order chi connectivity index (χ0) is 12.8. The Morgan fingerprint density at radius 2 is 1.88 bits per heavy atom. The smallest absolute Gasteiger partial charge is 0.257 e. The topological polar surface area (TPSA) is 52.9 Å². The number of hydrogen-bond acceptors (Lipinski definition) is 2. The third-order valence-electron chi connectivity index (χ3n) is 1.98. The second kappa shape index (κ2) is 5.89. The molecule has 6 heteroatoms. The van der Waals surface area contributed by atoms with Crippen LogP contribution in [0.2, 0.25) is 0 Å². The van der Waals surface area contributed by atoms with Gasteiger partial charge in [-0.25, -0.2) is 13.2 Å². The number of carbonyl (C=O) groups excluding carboxylic acids is 1. The van der Waals surface area contributed by atoms with E-state index >= 15 is 0 Å². The highest BCUT2D eigenvalue weighted by Crippen LogP contribution is 2.14. The molecule has 0 spiro atoms. The van der Waals surface area contributed by atoms with E-state index in [4.69, 9.17) is 5.26 Å². The summed E-state index contributed by atoms with van der Waals surface area (Å²) in [5.74, 6) is -4.54. The predicted octanol–water partition coefficient (Wildman–Crippen LogP) is 2.14. The van der Waals surface area contributed by atoms with Crippen LogP contribution in [0.1, 0.15) is 23.2 Å². The van der Waals surface area contributed by atoms with Crippen LogP contribution in [0.4, 0.5) is 13.2 Å². The molecule has 0 bridgehead atoms. The molecule has 0 aliphatic carbocycles. The van der Waals surface area contributed by atoms with E-state index < -0.39 is 28.9 Å². The van der Waals surface area contributed by atoms with Crippen molar-refractivity contribution in [3.05, 3.63) is 35.1 Å². The van der Waals surface area contributed by atoms with Crippen LogP contribution in [0.15, 0.2) is 12.1 Å². The average Bonchev–Trinajstić information content (AvgIpc) is 2.23. The van der Waals surface area contributed by atoms with Crippen LogP contribution in [-0.4, -0.2) is 12.5 Å². The Morgan fingerprint density at radius 3 is 2.41 bits per heavy atom. The maximum Gasteiger partial charge on any atom is 0.257 e. The van der Waals surface area contributed by atoms with Crippen molar-refractivity contribution in [2.24, 2.45) is 0 Å². The van der Waals surface area contributed by atoms with Gasteiger partial charge in [-0.05, 0) is 6.42 Å². The molecule has 3 nitrogen and oxygen atoms in total. The zero-order valence-corrected chi connectivity index (χ0v) is 8.77. The molecule has 0 saturated heterocycles. The van der Waals surface area contributed by atoms with Crippen molar-refractivity contribution in [3.63, 3.8) is 0 Å². The molecular weight excluding hydrogens is 233 g/mol. The van der Waals surface area contributed by atoms with Gasteiger partial charge in [0.15, 0.2) is 0 Å². The first-order valence-corrected chi connectivity index (χ1v) is 4.86. The van der Waals surface area contributed by atoms with Crippen LogP contribution < -0.4 is 5.32 Å². The molecule has 1 amide bonds. The van der Waals surface area contributed by atoms with Crippen molar-refractivity contribution < 1.29 is 18.0 Å². The molecule has 1 aromatic rings. The number of hydrogen-bond donors (Lipinski definition) is 1. The fourth-order valence-electron chi connectivity index (χ4n) is 1.22. The van der Waals surface area contributed by atoms with Crippen molar-refractivity contribution >= 4 is 5.91 Å². The zero-order valence-electron chi connectivity index (χ0n) is 8.77. The lowest BCUT2D eigenvalue weighted by atomic mass is 10.1. The van der Waals surface area contributed by atoms with E-state index in [0.29, 0.717) is 18.6 Å². The average molecular weight is 242 g/mol. The summed E-state index contributed by atoms with van der Waals surface area (Å²) in [6.45, 7) is 0.128. The standard InChI is InChI=1S/C11H9F3N2O/c12-7-5-8(13)10(9(14)6-7)11(17)16-4-2-1-3-15/h5-6H,1-2,4H2,(H,16,17). The molecule has 0 aromatic heterocycles. The minimum atomic E-state index is -1.25. The number of halogens is 3. The van der Waals surface area contributed by atoms with E-state index in [0.717, 1.165) is 0 Å². The van der Waals surface area contributed by atoms with E-state index in [2.05, 4.69) is 5.32 Å². The van der Waals surface area contributed by atoms with Gasteiger partial charge in [0, 0.05) is 25.1 Å². The quantitative estimate of drug-likeness (QED) is 0.822. The summed E-state index contributed by atoms with van der Waals surface area (Å²) in [5.41, 5.74) is -0.816. The maximum absolute atomic E-state index is 13.1. The fraction of sp³-hybridized carbons (Fsp3) is 0.273. The summed E-state index contributed by atoms with van der Waals surface area (Å²) < 4.78 is 38.9. The second-order valence-electron chi connectivity index (χ2n) is 3.26. The van der Waals surface area contributed by atoms with Crippen molar-refractivity contribution in [3.8, 4) is 6.07 Å². The molecular formula is C11H9F3N2O. The van der Waals surface area contributed by atoms with Crippen molar-refractivity contribution in [2.75, 3.05) is 6.54 Å². The van der Waals surface area contributed by atoms with E-state index in [-0.39, 0.29) is 13.0 Å². The van der Waals surface area contributed by atoms with Gasteiger partial charge in [0.1, 0.15) is 23.0 Å². The van der Waals surface area contributed by atoms with Crippen molar-refractivity contribution in [1.29, 1.82) is 5.26 Å². The highest BCUT2D eigenvalue weighted by Gasteiger charge is 2.18. The third-order valence-corrected chi connectivity index (χ3v) is 1.98. The number of nitrogens with one attached hydrogen (secondary N) is 1. The lowest BCUT2D eigenvalue weighted by Crippen LogP contribution is -2.26. The van der Waals surface area contributed by atoms with Gasteiger partial charge in [-0.15, -0.1) is 0 Å². The summed E-state index contributed by atoms with van der Waals surface area (Å²) in [7, 11) is 0. The molecule has 0 heterocycles. The second-order valence-corrected chi connectivity index (χ2v) is 3.26. The van der Waals surface area contributed by atoms with E-state index in [1.54, 1.807) is 0 Å². The number of rotatable bonds is 4. The molecule has 0 saturated carbocycles. The summed E-state index contributed by atoms with van der Waals surface area (Å²) >= 11 is 0. The Labute approximate surface area is 95.9 Å². The summed E-state index contributed by atoms with van der Waals surface area (Å²) in [6, 6.07) is 2.74. The van der Waals surface area contributed by atoms with Gasteiger partial charge in [-0.2, -0.15) is 5.26 Å². The number of carbonyl (C=O) groups is 1. The van der Waals surface area contributed by atoms with Crippen molar-refractivity contribution in [1.82, 2.24) is 5.32 Å². The van der Waals surface area contributed by atoms with Gasteiger partial charge in [-0.1, -0.05) is 0 Å². The molecule has 0 aliphatic heterocycles. The van der Waals surface area contributed by atoms with E-state index in [9.17, 15) is 18.0 Å². The normalized spacial score (nSPS) is 9.76. The Hall–Kier alpha value is -2.03. The summed E-state index contributed by atoms with van der Waals surface area (Å²) in [5, 5.41) is 10.5. The third kappa shape index (κ3) is 3.48. The minimum Gasteiger partial charge on any atom is -0.352 e. The van der Waals surface area contributed by atoms with E-state index in [1.165, 1.54) is 0 Å². The van der Waals surface area contributed by atoms with Crippen LogP contribution in [0, 0.1) is 28.8 Å². The summed E-state index contributed by atoms with van der Waals surface area (Å²) in [6.07, 6.45) is 0.612. The molecule has 1 N–H and O–H groups in total. The lowest BCUT2D eigenvalue weighted by molar-refractivity contribution is 0.0944. The Balaban J connectivity index is 2.73. The SMILES string of the molecule is N#CCCCNC(=O)c1c(F)cc(F)cc1F. The lowest BCUT2D eigenvalue weighted by Gasteiger charge is -2.06. The first kappa shape index (κ1) is 13.0. The fourth-order valence-corrected chi connectivity index (χ4v) is 1.22. The Kier molecular flexibility index (Phi) is 4.52. The molecule has 90 valence electrons. The van der Waals surface area contributed by atoms with Gasteiger partial charge >= 0.3 is 0 Å². The van der Waals surface area contributed by atoms with Gasteiger partial charge in [-0.3, -0.25) is 4.79 Å². The van der Waals surface area contributed by atoms with Gasteiger partial charge in [0.25, 0.3) is 5.91 Å². The largest absolute Gasteiger partial charge is 0.352 e. The molecule has 1 rings (SSSR count). The number of benzene rings is 1. The highest BCUT2D eigenvalue weighted by molar-refractivity contribution is 5.94. The van der Waals surface area contributed by atoms with Gasteiger partial charge < -0.3 is 5.32 Å². The number of nitriles is 1. The van der Waals surface area contributed by atoms with Crippen LogP contribution in [0.3, 0.4) is 0 Å². The maximum atomic E-state index is 13.1. The Bertz CT molecular complexity index is 445. The van der Waals surface area contributed by atoms with Crippen molar-refractivity contribution in [2.45, 2.75) is 12.8 Å². The number of nitrogens with zero attached hydrogens (tertiary/aromatic N) is 1. The van der Waals surface area contributed by atoms with Crippen LogP contribution in [0.5, 0.6) is 0 Å². The number of unbranched alkanes of at least 4 members (excludes halogenated alkanes) is 1. The Morgan fingerprint density at radius 1 is 1.29 bits per heavy atom. The summed E-state index contributed by atoms with van der Waals surface area (Å²) in [4.78, 5) is 11.4. The minimum absolute atomic E-state index is 0.128. The van der Waals surface area contributed by atoms with E-state index in [1.807, 2.05) is 6.07 Å². The first-order valence-electron chi connectivity index (χ1n) is 4.86. The van der Waals surface area contributed by atoms with Gasteiger partial charge in [0.05, 0.1) is 6.07 Å². The molecule has 0 aliphatic rings. The highest BCUT2D eigenvalue weighted by atomic mass is 19.1.